The fourth-order valence-corrected chi connectivity index (χ4v) is 9.55. The molecule has 3 heteroatoms. The van der Waals surface area contributed by atoms with Crippen molar-refractivity contribution in [1.29, 1.82) is 0 Å². The number of rotatable bonds is 7. The molecule has 0 heterocycles. The van der Waals surface area contributed by atoms with Gasteiger partial charge < -0.3 is 9.84 Å². The first-order valence-electron chi connectivity index (χ1n) is 15.3. The third-order valence-electron chi connectivity index (χ3n) is 11.8. The van der Waals surface area contributed by atoms with Crippen LogP contribution in [0.25, 0.3) is 0 Å². The van der Waals surface area contributed by atoms with E-state index >= 15 is 0 Å². The number of carbonyl (C=O) groups excluding carboxylic acids is 1. The number of allylic oxidation sites excluding steroid dienone is 1. The zero-order chi connectivity index (χ0) is 26.4. The van der Waals surface area contributed by atoms with Crippen LogP contribution in [0.4, 0.5) is 0 Å². The summed E-state index contributed by atoms with van der Waals surface area (Å²) in [4.78, 5) is 12.7. The second-order valence-corrected chi connectivity index (χ2v) is 14.0. The highest BCUT2D eigenvalue weighted by atomic mass is 16.5. The summed E-state index contributed by atoms with van der Waals surface area (Å²) in [5.74, 6) is 4.00. The number of carbonyl (C=O) groups is 1. The van der Waals surface area contributed by atoms with Crippen LogP contribution >= 0.6 is 0 Å². The summed E-state index contributed by atoms with van der Waals surface area (Å²) in [6.07, 6.45) is 14.2. The topological polar surface area (TPSA) is 46.5 Å². The summed E-state index contributed by atoms with van der Waals surface area (Å²) in [5.41, 5.74) is 2.98. The van der Waals surface area contributed by atoms with Crippen molar-refractivity contribution in [2.75, 3.05) is 0 Å². The number of ether oxygens (including phenoxy) is 1. The maximum Gasteiger partial charge on any atom is 0.338 e. The van der Waals surface area contributed by atoms with Gasteiger partial charge in [0, 0.05) is 0 Å². The molecular weight excluding hydrogens is 456 g/mol. The van der Waals surface area contributed by atoms with Gasteiger partial charge in [-0.05, 0) is 123 Å². The lowest BCUT2D eigenvalue weighted by molar-refractivity contribution is -0.0582. The smallest absolute Gasteiger partial charge is 0.338 e. The zero-order valence-electron chi connectivity index (χ0n) is 23.9. The van der Waals surface area contributed by atoms with Crippen molar-refractivity contribution in [1.82, 2.24) is 0 Å². The van der Waals surface area contributed by atoms with Gasteiger partial charge >= 0.3 is 5.97 Å². The molecule has 4 aliphatic rings. The lowest BCUT2D eigenvalue weighted by Crippen LogP contribution is -2.50. The molecule has 1 aromatic rings. The number of aliphatic hydroxyl groups is 1. The number of benzene rings is 1. The number of esters is 1. The molecule has 9 atom stereocenters. The molecule has 3 saturated carbocycles. The van der Waals surface area contributed by atoms with Crippen molar-refractivity contribution in [2.45, 2.75) is 111 Å². The second kappa shape index (κ2) is 10.5. The third kappa shape index (κ3) is 4.95. The van der Waals surface area contributed by atoms with Crippen molar-refractivity contribution >= 4 is 5.97 Å². The van der Waals surface area contributed by atoms with Crippen LogP contribution in [0.15, 0.2) is 42.0 Å². The van der Waals surface area contributed by atoms with Crippen LogP contribution in [0.3, 0.4) is 0 Å². The van der Waals surface area contributed by atoms with E-state index in [0.717, 1.165) is 49.4 Å². The van der Waals surface area contributed by atoms with Crippen LogP contribution in [0.5, 0.6) is 0 Å². The first-order chi connectivity index (χ1) is 17.6. The second-order valence-electron chi connectivity index (χ2n) is 14.0. The van der Waals surface area contributed by atoms with E-state index in [1.807, 2.05) is 30.3 Å². The average molecular weight is 507 g/mol. The van der Waals surface area contributed by atoms with E-state index in [-0.39, 0.29) is 18.2 Å². The lowest BCUT2D eigenvalue weighted by atomic mass is 9.47. The number of aliphatic hydroxyl groups excluding tert-OH is 1. The maximum atomic E-state index is 12.7. The molecule has 0 unspecified atom stereocenters. The number of hydrogen-bond donors (Lipinski definition) is 1. The van der Waals surface area contributed by atoms with Crippen molar-refractivity contribution in [3.8, 4) is 0 Å². The van der Waals surface area contributed by atoms with Gasteiger partial charge in [0.1, 0.15) is 6.10 Å². The number of hydrogen-bond acceptors (Lipinski definition) is 3. The van der Waals surface area contributed by atoms with Gasteiger partial charge in [0.05, 0.1) is 11.7 Å². The Morgan fingerprint density at radius 2 is 1.76 bits per heavy atom. The Kier molecular flexibility index (Phi) is 7.66. The minimum Gasteiger partial charge on any atom is -0.459 e. The molecule has 0 amide bonds. The maximum absolute atomic E-state index is 12.7. The molecule has 0 aromatic heterocycles. The monoisotopic (exact) mass is 506 g/mol. The molecule has 4 aliphatic carbocycles. The van der Waals surface area contributed by atoms with Crippen LogP contribution in [0, 0.1) is 46.3 Å². The van der Waals surface area contributed by atoms with Gasteiger partial charge in [0.25, 0.3) is 0 Å². The molecule has 0 saturated heterocycles. The molecule has 3 nitrogen and oxygen atoms in total. The summed E-state index contributed by atoms with van der Waals surface area (Å²) in [6, 6.07) is 9.42. The molecule has 1 aromatic carbocycles. The Labute approximate surface area is 225 Å². The van der Waals surface area contributed by atoms with Gasteiger partial charge in [-0.15, -0.1) is 0 Å². The van der Waals surface area contributed by atoms with Gasteiger partial charge in [-0.1, -0.05) is 64.5 Å². The molecule has 0 aliphatic heterocycles. The molecule has 204 valence electrons. The molecule has 1 N–H and O–H groups in total. The Bertz CT molecular complexity index is 982. The van der Waals surface area contributed by atoms with Crippen LogP contribution in [-0.4, -0.2) is 23.3 Å². The van der Waals surface area contributed by atoms with Gasteiger partial charge in [-0.2, -0.15) is 0 Å². The Morgan fingerprint density at radius 3 is 2.49 bits per heavy atom. The lowest BCUT2D eigenvalue weighted by Gasteiger charge is -2.58. The van der Waals surface area contributed by atoms with Crippen molar-refractivity contribution in [3.05, 3.63) is 47.5 Å². The van der Waals surface area contributed by atoms with E-state index < -0.39 is 0 Å². The summed E-state index contributed by atoms with van der Waals surface area (Å²) >= 11 is 0. The highest BCUT2D eigenvalue weighted by molar-refractivity contribution is 5.89. The highest BCUT2D eigenvalue weighted by Crippen LogP contribution is 2.67. The quantitative estimate of drug-likeness (QED) is 0.299. The fourth-order valence-electron chi connectivity index (χ4n) is 9.55. The summed E-state index contributed by atoms with van der Waals surface area (Å²) in [5, 5.41) is 10.3. The van der Waals surface area contributed by atoms with Crippen LogP contribution < -0.4 is 0 Å². The molecule has 0 bridgehead atoms. The normalized spacial score (nSPS) is 38.7. The van der Waals surface area contributed by atoms with Crippen LogP contribution in [-0.2, 0) is 4.74 Å². The molecule has 5 rings (SSSR count). The van der Waals surface area contributed by atoms with E-state index in [9.17, 15) is 9.90 Å². The number of fused-ring (bicyclic) bond motifs is 5. The first kappa shape index (κ1) is 27.0. The van der Waals surface area contributed by atoms with E-state index in [1.54, 1.807) is 5.57 Å². The third-order valence-corrected chi connectivity index (χ3v) is 11.8. The predicted molar refractivity (Wildman–Crippen MR) is 150 cm³/mol. The van der Waals surface area contributed by atoms with Crippen molar-refractivity contribution in [2.24, 2.45) is 46.3 Å². The molecule has 0 spiro atoms. The predicted octanol–water partition coefficient (Wildman–Crippen LogP) is 8.22. The summed E-state index contributed by atoms with van der Waals surface area (Å²) < 4.78 is 6.02. The van der Waals surface area contributed by atoms with Crippen LogP contribution in [0.1, 0.15) is 109 Å². The standard InChI is InChI=1S/C34H50O3/c1-22(2)31(37-32(36)24-9-7-6-8-10-24)16-11-23(3)28-14-15-29-27-13-12-25-21-26(35)17-19-33(25,4)30(27)18-20-34(28,29)5/h6-10,12,22-23,26-31,35H,11,13-21H2,1-5H3/t23-,26+,27+,28-,29+,30+,31-,33+,34-/m1/s1. The Hall–Kier alpha value is -1.61. The fraction of sp³-hybridized carbons (Fsp3) is 0.735. The zero-order valence-corrected chi connectivity index (χ0v) is 23.9. The van der Waals surface area contributed by atoms with Crippen LogP contribution in [0.2, 0.25) is 0 Å². The SMILES string of the molecule is CC(C)[C@@H](CC[C@@H](C)[C@H]1CC[C@H]2[C@@H]3CC=C4C[C@@H](O)CC[C@]4(C)[C@H]3CC[C@]12C)OC(=O)c1ccccc1. The van der Waals surface area contributed by atoms with Crippen molar-refractivity contribution in [3.63, 3.8) is 0 Å². The van der Waals surface area contributed by atoms with Gasteiger partial charge in [-0.3, -0.25) is 0 Å². The summed E-state index contributed by atoms with van der Waals surface area (Å²) in [7, 11) is 0. The molecule has 3 fully saturated rings. The Balaban J connectivity index is 1.23. The first-order valence-corrected chi connectivity index (χ1v) is 15.3. The van der Waals surface area contributed by atoms with E-state index in [4.69, 9.17) is 4.74 Å². The molecule has 37 heavy (non-hydrogen) atoms. The summed E-state index contributed by atoms with van der Waals surface area (Å²) in [6.45, 7) is 12.0. The minimum atomic E-state index is -0.188. The Morgan fingerprint density at radius 1 is 1.00 bits per heavy atom. The van der Waals surface area contributed by atoms with Crippen molar-refractivity contribution < 1.29 is 14.6 Å². The molecule has 0 radical (unpaired) electrons. The van der Waals surface area contributed by atoms with E-state index in [0.29, 0.717) is 28.2 Å². The average Bonchev–Trinajstić information content (AvgIpc) is 3.24. The van der Waals surface area contributed by atoms with E-state index in [2.05, 4.69) is 40.7 Å². The van der Waals surface area contributed by atoms with E-state index in [1.165, 1.54) is 38.5 Å². The highest BCUT2D eigenvalue weighted by Gasteiger charge is 2.59. The van der Waals surface area contributed by atoms with Gasteiger partial charge in [0.2, 0.25) is 0 Å². The van der Waals surface area contributed by atoms with Gasteiger partial charge in [0.15, 0.2) is 0 Å². The molecular formula is C34H50O3. The van der Waals surface area contributed by atoms with Gasteiger partial charge in [-0.25, -0.2) is 4.79 Å². The largest absolute Gasteiger partial charge is 0.459 e. The minimum absolute atomic E-state index is 0.0283.